The van der Waals surface area contributed by atoms with Crippen molar-refractivity contribution in [3.05, 3.63) is 0 Å². The van der Waals surface area contributed by atoms with Crippen molar-refractivity contribution >= 4 is 15.9 Å². The summed E-state index contributed by atoms with van der Waals surface area (Å²) < 4.78 is 35.3. The van der Waals surface area contributed by atoms with Crippen molar-refractivity contribution in [1.29, 1.82) is 0 Å². The number of nitrogens with one attached hydrogen (secondary N) is 1. The molecule has 2 atom stereocenters. The molecule has 0 fully saturated rings. The smallest absolute Gasteiger partial charge is 0.314 e. The third-order valence-corrected chi connectivity index (χ3v) is 3.22. The van der Waals surface area contributed by atoms with E-state index in [0.717, 1.165) is 5.33 Å². The van der Waals surface area contributed by atoms with E-state index in [1.165, 1.54) is 0 Å². The molecule has 0 saturated carbocycles. The average Bonchev–Trinajstić information content (AvgIpc) is 2.09. The summed E-state index contributed by atoms with van der Waals surface area (Å²) in [7, 11) is 0. The summed E-state index contributed by atoms with van der Waals surface area (Å²) in [4.78, 5) is 0. The topological polar surface area (TPSA) is 12.0 Å². The van der Waals surface area contributed by atoms with Crippen molar-refractivity contribution in [2.75, 3.05) is 11.9 Å². The van der Waals surface area contributed by atoms with E-state index in [0.29, 0.717) is 12.5 Å². The zero-order chi connectivity index (χ0) is 11.2. The van der Waals surface area contributed by atoms with Crippen LogP contribution in [0.2, 0.25) is 0 Å². The van der Waals surface area contributed by atoms with Gasteiger partial charge in [0.15, 0.2) is 0 Å². The molecule has 0 heterocycles. The summed E-state index contributed by atoms with van der Waals surface area (Å²) >= 11 is 3.34. The lowest BCUT2D eigenvalue weighted by molar-refractivity contribution is -0.135. The normalized spacial score (nSPS) is 16.7. The van der Waals surface area contributed by atoms with Crippen LogP contribution in [0.4, 0.5) is 13.2 Å². The van der Waals surface area contributed by atoms with Gasteiger partial charge in [0, 0.05) is 17.8 Å². The number of rotatable bonds is 6. The van der Waals surface area contributed by atoms with Crippen LogP contribution in [-0.4, -0.2) is 24.1 Å². The van der Waals surface area contributed by atoms with E-state index in [-0.39, 0.29) is 12.5 Å². The summed E-state index contributed by atoms with van der Waals surface area (Å²) in [5, 5.41) is 3.94. The SMILES string of the molecule is CC(CBr)C(C)NCCCC(F)(F)F. The van der Waals surface area contributed by atoms with Gasteiger partial charge in [-0.2, -0.15) is 13.2 Å². The van der Waals surface area contributed by atoms with Gasteiger partial charge in [0.25, 0.3) is 0 Å². The van der Waals surface area contributed by atoms with Gasteiger partial charge in [0.1, 0.15) is 0 Å². The van der Waals surface area contributed by atoms with E-state index >= 15 is 0 Å². The monoisotopic (exact) mass is 275 g/mol. The average molecular weight is 276 g/mol. The first kappa shape index (κ1) is 14.2. The third kappa shape index (κ3) is 7.62. The highest BCUT2D eigenvalue weighted by Crippen LogP contribution is 2.20. The maximum absolute atomic E-state index is 11.8. The van der Waals surface area contributed by atoms with Crippen LogP contribution in [0.5, 0.6) is 0 Å². The van der Waals surface area contributed by atoms with Gasteiger partial charge in [0.05, 0.1) is 0 Å². The minimum atomic E-state index is -4.02. The molecule has 0 spiro atoms. The number of hydrogen-bond donors (Lipinski definition) is 1. The summed E-state index contributed by atoms with van der Waals surface area (Å²) in [5.74, 6) is 0.431. The van der Waals surface area contributed by atoms with Gasteiger partial charge in [-0.05, 0) is 25.8 Å². The van der Waals surface area contributed by atoms with Gasteiger partial charge >= 0.3 is 6.18 Å². The molecule has 0 bridgehead atoms. The molecule has 0 saturated heterocycles. The molecule has 86 valence electrons. The van der Waals surface area contributed by atoms with Gasteiger partial charge < -0.3 is 5.32 Å². The molecule has 5 heteroatoms. The highest BCUT2D eigenvalue weighted by Gasteiger charge is 2.25. The van der Waals surface area contributed by atoms with Gasteiger partial charge in [-0.1, -0.05) is 22.9 Å². The van der Waals surface area contributed by atoms with Crippen LogP contribution in [-0.2, 0) is 0 Å². The van der Waals surface area contributed by atoms with Gasteiger partial charge in [-0.25, -0.2) is 0 Å². The minimum Gasteiger partial charge on any atom is -0.314 e. The highest BCUT2D eigenvalue weighted by atomic mass is 79.9. The van der Waals surface area contributed by atoms with E-state index < -0.39 is 12.6 Å². The van der Waals surface area contributed by atoms with E-state index in [2.05, 4.69) is 28.2 Å². The molecule has 0 aromatic heterocycles. The predicted molar refractivity (Wildman–Crippen MR) is 55.7 cm³/mol. The summed E-state index contributed by atoms with van der Waals surface area (Å²) in [6, 6.07) is 0.252. The van der Waals surface area contributed by atoms with Crippen LogP contribution in [0, 0.1) is 5.92 Å². The molecular formula is C9H17BrF3N. The van der Waals surface area contributed by atoms with Crippen molar-refractivity contribution in [2.24, 2.45) is 5.92 Å². The Bertz CT molecular complexity index is 149. The zero-order valence-corrected chi connectivity index (χ0v) is 10.1. The first-order valence-corrected chi connectivity index (χ1v) is 5.85. The second-order valence-corrected chi connectivity index (χ2v) is 4.24. The Balaban J connectivity index is 3.45. The fraction of sp³-hybridized carbons (Fsp3) is 1.00. The van der Waals surface area contributed by atoms with E-state index in [4.69, 9.17) is 0 Å². The molecule has 2 unspecified atom stereocenters. The summed E-state index contributed by atoms with van der Waals surface area (Å²) in [5.41, 5.74) is 0. The number of halogens is 4. The Labute approximate surface area is 91.6 Å². The largest absolute Gasteiger partial charge is 0.389 e. The quantitative estimate of drug-likeness (QED) is 0.579. The van der Waals surface area contributed by atoms with Gasteiger partial charge in [-0.15, -0.1) is 0 Å². The summed E-state index contributed by atoms with van der Waals surface area (Å²) in [6.45, 7) is 4.47. The van der Waals surface area contributed by atoms with Crippen LogP contribution in [0.3, 0.4) is 0 Å². The molecule has 0 radical (unpaired) electrons. The molecule has 0 aromatic carbocycles. The fourth-order valence-electron chi connectivity index (χ4n) is 0.953. The molecule has 0 amide bonds. The number of alkyl halides is 4. The molecule has 0 aromatic rings. The Kier molecular flexibility index (Phi) is 6.78. The van der Waals surface area contributed by atoms with Crippen molar-refractivity contribution in [1.82, 2.24) is 5.32 Å². The molecule has 0 aliphatic carbocycles. The standard InChI is InChI=1S/C9H17BrF3N/c1-7(6-10)8(2)14-5-3-4-9(11,12)13/h7-8,14H,3-6H2,1-2H3. The van der Waals surface area contributed by atoms with Crippen molar-refractivity contribution < 1.29 is 13.2 Å². The second-order valence-electron chi connectivity index (χ2n) is 3.59. The van der Waals surface area contributed by atoms with Crippen LogP contribution in [0.15, 0.2) is 0 Å². The first-order chi connectivity index (χ1) is 6.37. The molecular weight excluding hydrogens is 259 g/mol. The van der Waals surface area contributed by atoms with Gasteiger partial charge in [-0.3, -0.25) is 0 Å². The number of hydrogen-bond acceptors (Lipinski definition) is 1. The summed E-state index contributed by atoms with van der Waals surface area (Å²) in [6.07, 6.45) is -4.57. The van der Waals surface area contributed by atoms with Crippen LogP contribution >= 0.6 is 15.9 Å². The lowest BCUT2D eigenvalue weighted by Crippen LogP contribution is -2.34. The van der Waals surface area contributed by atoms with Crippen LogP contribution < -0.4 is 5.32 Å². The third-order valence-electron chi connectivity index (χ3n) is 2.20. The first-order valence-electron chi connectivity index (χ1n) is 4.73. The molecule has 0 rings (SSSR count). The Morgan fingerprint density at radius 2 is 1.86 bits per heavy atom. The van der Waals surface area contributed by atoms with Crippen molar-refractivity contribution in [3.63, 3.8) is 0 Å². The van der Waals surface area contributed by atoms with Crippen LogP contribution in [0.1, 0.15) is 26.7 Å². The molecule has 1 N–H and O–H groups in total. The Morgan fingerprint density at radius 1 is 1.29 bits per heavy atom. The van der Waals surface area contributed by atoms with Gasteiger partial charge in [0.2, 0.25) is 0 Å². The fourth-order valence-corrected chi connectivity index (χ4v) is 1.51. The Hall–Kier alpha value is 0.230. The lowest BCUT2D eigenvalue weighted by atomic mass is 10.1. The molecule has 1 nitrogen and oxygen atoms in total. The lowest BCUT2D eigenvalue weighted by Gasteiger charge is -2.19. The van der Waals surface area contributed by atoms with E-state index in [1.54, 1.807) is 0 Å². The maximum Gasteiger partial charge on any atom is 0.389 e. The van der Waals surface area contributed by atoms with Crippen molar-refractivity contribution in [3.8, 4) is 0 Å². The van der Waals surface area contributed by atoms with E-state index in [1.807, 2.05) is 6.92 Å². The predicted octanol–water partition coefficient (Wildman–Crippen LogP) is 3.34. The highest BCUT2D eigenvalue weighted by molar-refractivity contribution is 9.09. The molecule has 14 heavy (non-hydrogen) atoms. The van der Waals surface area contributed by atoms with E-state index in [9.17, 15) is 13.2 Å². The maximum atomic E-state index is 11.8. The Morgan fingerprint density at radius 3 is 2.29 bits per heavy atom. The molecule has 0 aliphatic heterocycles. The second kappa shape index (κ2) is 6.67. The van der Waals surface area contributed by atoms with Crippen molar-refractivity contribution in [2.45, 2.75) is 38.9 Å². The zero-order valence-electron chi connectivity index (χ0n) is 8.49. The molecule has 0 aliphatic rings. The van der Waals surface area contributed by atoms with Crippen LogP contribution in [0.25, 0.3) is 0 Å². The minimum absolute atomic E-state index is 0.156.